The lowest BCUT2D eigenvalue weighted by Crippen LogP contribution is -2.17. The average molecular weight is 384 g/mol. The summed E-state index contributed by atoms with van der Waals surface area (Å²) in [6, 6.07) is 11.3. The topological polar surface area (TPSA) is 110 Å². The number of nitro groups is 1. The third-order valence-electron chi connectivity index (χ3n) is 3.89. The fourth-order valence-corrected chi connectivity index (χ4v) is 2.87. The van der Waals surface area contributed by atoms with Crippen molar-refractivity contribution in [3.63, 3.8) is 0 Å². The number of nitrogens with zero attached hydrogens (tertiary/aromatic N) is 2. The number of hydrogen-bond acceptors (Lipinski definition) is 7. The number of benzene rings is 2. The number of nitro benzene ring substituents is 1. The molecule has 0 saturated heterocycles. The van der Waals surface area contributed by atoms with Crippen molar-refractivity contribution in [1.82, 2.24) is 4.73 Å². The van der Waals surface area contributed by atoms with Crippen molar-refractivity contribution in [2.45, 2.75) is 13.8 Å². The first-order valence-corrected chi connectivity index (χ1v) is 8.17. The summed E-state index contributed by atoms with van der Waals surface area (Å²) in [6.07, 6.45) is 0. The number of rotatable bonds is 5. The summed E-state index contributed by atoms with van der Waals surface area (Å²) in [5.41, 5.74) is 0.703. The molecule has 1 aromatic heterocycles. The summed E-state index contributed by atoms with van der Waals surface area (Å²) >= 11 is 0. The van der Waals surface area contributed by atoms with Gasteiger partial charge < -0.3 is 14.3 Å². The van der Waals surface area contributed by atoms with Gasteiger partial charge in [-0.2, -0.15) is 4.73 Å². The number of fused-ring (bicyclic) bond motifs is 1. The van der Waals surface area contributed by atoms with E-state index in [-0.39, 0.29) is 28.4 Å². The smallest absolute Gasteiger partial charge is 0.329 e. The number of methoxy groups -OCH3 is 1. The fraction of sp³-hybridized carbons (Fsp3) is 0.158. The second-order valence-corrected chi connectivity index (χ2v) is 5.81. The number of ether oxygens (including phenoxy) is 2. The van der Waals surface area contributed by atoms with Gasteiger partial charge in [-0.15, -0.1) is 0 Å². The van der Waals surface area contributed by atoms with E-state index in [4.69, 9.17) is 14.3 Å². The predicted octanol–water partition coefficient (Wildman–Crippen LogP) is 3.13. The van der Waals surface area contributed by atoms with Gasteiger partial charge in [0.05, 0.1) is 22.9 Å². The summed E-state index contributed by atoms with van der Waals surface area (Å²) in [5, 5.41) is 11.7. The van der Waals surface area contributed by atoms with Crippen molar-refractivity contribution in [3.8, 4) is 22.8 Å². The molecule has 0 N–H and O–H groups in total. The Labute approximate surface area is 159 Å². The van der Waals surface area contributed by atoms with Gasteiger partial charge in [0.15, 0.2) is 11.5 Å². The molecule has 0 atom stereocenters. The van der Waals surface area contributed by atoms with Crippen LogP contribution in [-0.2, 0) is 9.59 Å². The summed E-state index contributed by atoms with van der Waals surface area (Å²) in [6.45, 7) is 2.43. The van der Waals surface area contributed by atoms with Crippen molar-refractivity contribution in [1.29, 1.82) is 0 Å². The van der Waals surface area contributed by atoms with Crippen LogP contribution in [0.4, 0.5) is 5.69 Å². The zero-order valence-electron chi connectivity index (χ0n) is 15.3. The van der Waals surface area contributed by atoms with Gasteiger partial charge in [0.1, 0.15) is 5.69 Å². The molecule has 28 heavy (non-hydrogen) atoms. The van der Waals surface area contributed by atoms with Crippen molar-refractivity contribution < 1.29 is 28.8 Å². The molecule has 144 valence electrons. The maximum absolute atomic E-state index is 11.7. The molecule has 3 rings (SSSR count). The third kappa shape index (κ3) is 3.37. The van der Waals surface area contributed by atoms with E-state index in [1.807, 2.05) is 0 Å². The highest BCUT2D eigenvalue weighted by Gasteiger charge is 2.28. The van der Waals surface area contributed by atoms with Gasteiger partial charge in [0, 0.05) is 31.5 Å². The van der Waals surface area contributed by atoms with Crippen LogP contribution in [0.15, 0.2) is 42.5 Å². The van der Waals surface area contributed by atoms with E-state index in [0.29, 0.717) is 10.9 Å². The Balaban J connectivity index is 2.47. The van der Waals surface area contributed by atoms with Crippen molar-refractivity contribution in [2.24, 2.45) is 0 Å². The zero-order chi connectivity index (χ0) is 20.4. The zero-order valence-corrected chi connectivity index (χ0v) is 15.3. The normalized spacial score (nSPS) is 10.5. The SMILES string of the molecule is COc1cc2c(OC(C)=O)c(-c3ccccc3)n(OC(C)=O)c2cc1[N+](=O)[O-]. The van der Waals surface area contributed by atoms with Crippen LogP contribution < -0.4 is 14.3 Å². The molecule has 3 aromatic rings. The Morgan fingerprint density at radius 1 is 1.07 bits per heavy atom. The van der Waals surface area contributed by atoms with Crippen LogP contribution >= 0.6 is 0 Å². The van der Waals surface area contributed by atoms with E-state index in [1.165, 1.54) is 33.1 Å². The molecule has 0 radical (unpaired) electrons. The Morgan fingerprint density at radius 2 is 1.75 bits per heavy atom. The first kappa shape index (κ1) is 18.9. The highest BCUT2D eigenvalue weighted by Crippen LogP contribution is 2.44. The van der Waals surface area contributed by atoms with Crippen molar-refractivity contribution in [3.05, 3.63) is 52.6 Å². The monoisotopic (exact) mass is 384 g/mol. The largest absolute Gasteiger partial charge is 0.490 e. The molecule has 0 aliphatic rings. The minimum absolute atomic E-state index is 0.0227. The van der Waals surface area contributed by atoms with E-state index in [0.717, 1.165) is 4.73 Å². The summed E-state index contributed by atoms with van der Waals surface area (Å²) in [4.78, 5) is 39.5. The Kier molecular flexibility index (Phi) is 4.99. The number of carbonyl (C=O) groups is 2. The minimum Gasteiger partial charge on any atom is -0.490 e. The molecule has 9 nitrogen and oxygen atoms in total. The lowest BCUT2D eigenvalue weighted by Gasteiger charge is -2.10. The van der Waals surface area contributed by atoms with Crippen LogP contribution in [0.2, 0.25) is 0 Å². The van der Waals surface area contributed by atoms with Crippen LogP contribution in [0.3, 0.4) is 0 Å². The minimum atomic E-state index is -0.651. The van der Waals surface area contributed by atoms with Crippen LogP contribution in [-0.4, -0.2) is 28.7 Å². The van der Waals surface area contributed by atoms with E-state index in [9.17, 15) is 19.7 Å². The molecule has 0 saturated carbocycles. The van der Waals surface area contributed by atoms with Gasteiger partial charge >= 0.3 is 17.6 Å². The van der Waals surface area contributed by atoms with Gasteiger partial charge in [0.25, 0.3) is 0 Å². The molecule has 2 aromatic carbocycles. The molecule has 0 amide bonds. The number of carbonyl (C=O) groups excluding carboxylic acids is 2. The van der Waals surface area contributed by atoms with E-state index in [2.05, 4.69) is 0 Å². The van der Waals surface area contributed by atoms with Crippen LogP contribution in [0.25, 0.3) is 22.2 Å². The van der Waals surface area contributed by atoms with Crippen molar-refractivity contribution >= 4 is 28.5 Å². The van der Waals surface area contributed by atoms with E-state index in [1.54, 1.807) is 30.3 Å². The molecule has 0 unspecified atom stereocenters. The Hall–Kier alpha value is -3.88. The maximum atomic E-state index is 11.7. The first-order valence-electron chi connectivity index (χ1n) is 8.17. The maximum Gasteiger partial charge on any atom is 0.329 e. The molecule has 9 heteroatoms. The molecule has 1 heterocycles. The summed E-state index contributed by atoms with van der Waals surface area (Å²) < 4.78 is 11.6. The quantitative estimate of drug-likeness (QED) is 0.377. The van der Waals surface area contributed by atoms with E-state index < -0.39 is 16.9 Å². The first-order chi connectivity index (χ1) is 13.3. The molecular formula is C19H16N2O7. The van der Waals surface area contributed by atoms with Crippen LogP contribution in [0.1, 0.15) is 13.8 Å². The van der Waals surface area contributed by atoms with Gasteiger partial charge in [-0.3, -0.25) is 14.9 Å². The number of esters is 1. The van der Waals surface area contributed by atoms with Gasteiger partial charge in [-0.05, 0) is 0 Å². The second kappa shape index (κ2) is 7.39. The lowest BCUT2D eigenvalue weighted by molar-refractivity contribution is -0.385. The third-order valence-corrected chi connectivity index (χ3v) is 3.89. The van der Waals surface area contributed by atoms with Gasteiger partial charge in [-0.25, -0.2) is 4.79 Å². The molecule has 0 spiro atoms. The Bertz CT molecular complexity index is 1090. The molecular weight excluding hydrogens is 368 g/mol. The molecule has 0 bridgehead atoms. The molecule has 0 aliphatic carbocycles. The number of aromatic nitrogens is 1. The standard InChI is InChI=1S/C19H16N2O7/c1-11(22)27-19-14-9-17(26-3)16(21(24)25)10-15(14)20(28-12(2)23)18(19)13-7-5-4-6-8-13/h4-10H,1-3H3. The Morgan fingerprint density at radius 3 is 2.29 bits per heavy atom. The van der Waals surface area contributed by atoms with Crippen LogP contribution in [0, 0.1) is 10.1 Å². The lowest BCUT2D eigenvalue weighted by atomic mass is 10.1. The molecule has 0 aliphatic heterocycles. The highest BCUT2D eigenvalue weighted by molar-refractivity contribution is 5.99. The molecule has 0 fully saturated rings. The predicted molar refractivity (Wildman–Crippen MR) is 99.2 cm³/mol. The number of hydrogen-bond donors (Lipinski definition) is 0. The average Bonchev–Trinajstić information content (AvgIpc) is 2.92. The second-order valence-electron chi connectivity index (χ2n) is 5.81. The summed E-state index contributed by atoms with van der Waals surface area (Å²) in [5.74, 6) is -1.17. The van der Waals surface area contributed by atoms with Gasteiger partial charge in [0.2, 0.25) is 0 Å². The van der Waals surface area contributed by atoms with E-state index >= 15 is 0 Å². The van der Waals surface area contributed by atoms with Crippen molar-refractivity contribution in [2.75, 3.05) is 7.11 Å². The fourth-order valence-electron chi connectivity index (χ4n) is 2.87. The van der Waals surface area contributed by atoms with Crippen LogP contribution in [0.5, 0.6) is 11.5 Å². The highest BCUT2D eigenvalue weighted by atomic mass is 16.7. The van der Waals surface area contributed by atoms with Gasteiger partial charge in [-0.1, -0.05) is 30.3 Å². The summed E-state index contributed by atoms with van der Waals surface area (Å²) in [7, 11) is 1.29.